The third-order valence-corrected chi connectivity index (χ3v) is 8.84. The Hall–Kier alpha value is 0.920. The number of hydrogen-bond donors (Lipinski definition) is 1. The van der Waals surface area contributed by atoms with Crippen LogP contribution in [-0.4, -0.2) is 20.4 Å². The van der Waals surface area contributed by atoms with Crippen molar-refractivity contribution < 1.29 is 5.11 Å². The van der Waals surface area contributed by atoms with Crippen molar-refractivity contribution in [1.29, 1.82) is 0 Å². The van der Waals surface area contributed by atoms with Crippen LogP contribution in [0.5, 0.6) is 0 Å². The van der Waals surface area contributed by atoms with E-state index in [1.807, 2.05) is 0 Å². The van der Waals surface area contributed by atoms with E-state index in [4.69, 9.17) is 0 Å². The standard InChI is InChI=1S/C11H12Br2O/c12-9-6-2-1-3-5-4(2)8(9)11(14,7(3)6)10(5)13/h2-10,14H,1H2/t2-,3+,4?,5+,6+,7-,8+,9+,10-,11-/m1/s1. The number of hydrogen-bond acceptors (Lipinski definition) is 1. The average Bonchev–Trinajstić information content (AvgIpc) is 2.81. The van der Waals surface area contributed by atoms with E-state index in [2.05, 4.69) is 31.9 Å². The first-order valence-electron chi connectivity index (χ1n) is 5.68. The van der Waals surface area contributed by atoms with Gasteiger partial charge in [0.05, 0.1) is 5.60 Å². The van der Waals surface area contributed by atoms with E-state index in [-0.39, 0.29) is 5.60 Å². The van der Waals surface area contributed by atoms with Gasteiger partial charge >= 0.3 is 0 Å². The maximum atomic E-state index is 10.9. The molecule has 0 saturated heterocycles. The van der Waals surface area contributed by atoms with E-state index in [9.17, 15) is 5.11 Å². The molecule has 0 spiro atoms. The van der Waals surface area contributed by atoms with Crippen LogP contribution in [0.15, 0.2) is 0 Å². The molecular formula is C11H12Br2O. The van der Waals surface area contributed by atoms with Gasteiger partial charge in [0.2, 0.25) is 0 Å². The van der Waals surface area contributed by atoms with E-state index in [1.54, 1.807) is 0 Å². The predicted molar refractivity (Wildman–Crippen MR) is 59.4 cm³/mol. The molecule has 6 fully saturated rings. The van der Waals surface area contributed by atoms with E-state index >= 15 is 0 Å². The van der Waals surface area contributed by atoms with Gasteiger partial charge in [0.1, 0.15) is 0 Å². The highest BCUT2D eigenvalue weighted by atomic mass is 79.9. The van der Waals surface area contributed by atoms with Crippen LogP contribution < -0.4 is 0 Å². The Kier molecular flexibility index (Phi) is 1.10. The highest BCUT2D eigenvalue weighted by Crippen LogP contribution is 2.85. The van der Waals surface area contributed by atoms with Crippen molar-refractivity contribution in [3.05, 3.63) is 0 Å². The SMILES string of the molecule is O[C@@]12[C@@H]3[C@H]4C[C@@H]5C([C@H]4[C@H]1Br)[C@H]2[C@@H](Br)[C@H]35. The Labute approximate surface area is 99.9 Å². The van der Waals surface area contributed by atoms with Gasteiger partial charge in [-0.25, -0.2) is 0 Å². The van der Waals surface area contributed by atoms with E-state index in [1.165, 1.54) is 6.42 Å². The molecule has 6 bridgehead atoms. The largest absolute Gasteiger partial charge is 0.388 e. The van der Waals surface area contributed by atoms with Crippen molar-refractivity contribution in [2.75, 3.05) is 0 Å². The van der Waals surface area contributed by atoms with Crippen LogP contribution in [0.3, 0.4) is 0 Å². The molecule has 10 atom stereocenters. The Morgan fingerprint density at radius 2 is 1.79 bits per heavy atom. The normalized spacial score (nSPS) is 85.5. The fourth-order valence-corrected chi connectivity index (χ4v) is 9.32. The van der Waals surface area contributed by atoms with Gasteiger partial charge in [-0.15, -0.1) is 0 Å². The molecular weight excluding hydrogens is 308 g/mol. The fourth-order valence-electron chi connectivity index (χ4n) is 6.47. The molecule has 6 saturated carbocycles. The van der Waals surface area contributed by atoms with Crippen LogP contribution in [0.4, 0.5) is 0 Å². The van der Waals surface area contributed by atoms with Gasteiger partial charge < -0.3 is 5.11 Å². The molecule has 0 aliphatic heterocycles. The Morgan fingerprint density at radius 3 is 2.50 bits per heavy atom. The zero-order valence-corrected chi connectivity index (χ0v) is 10.8. The lowest BCUT2D eigenvalue weighted by Crippen LogP contribution is -2.45. The molecule has 0 radical (unpaired) electrons. The van der Waals surface area contributed by atoms with Crippen molar-refractivity contribution >= 4 is 31.9 Å². The quantitative estimate of drug-likeness (QED) is 0.677. The van der Waals surface area contributed by atoms with Crippen LogP contribution in [0.1, 0.15) is 6.42 Å². The zero-order chi connectivity index (χ0) is 9.40. The summed E-state index contributed by atoms with van der Waals surface area (Å²) in [4.78, 5) is 1.04. The van der Waals surface area contributed by atoms with Gasteiger partial charge in [-0.05, 0) is 41.9 Å². The van der Waals surface area contributed by atoms with Gasteiger partial charge in [0, 0.05) is 15.6 Å². The summed E-state index contributed by atoms with van der Waals surface area (Å²) in [5.41, 5.74) is -0.328. The summed E-state index contributed by atoms with van der Waals surface area (Å²) in [5, 5.41) is 10.9. The van der Waals surface area contributed by atoms with Gasteiger partial charge in [0.25, 0.3) is 0 Å². The zero-order valence-electron chi connectivity index (χ0n) is 7.61. The van der Waals surface area contributed by atoms with E-state index in [0.717, 1.165) is 29.6 Å². The van der Waals surface area contributed by atoms with Crippen LogP contribution in [-0.2, 0) is 0 Å². The average molecular weight is 320 g/mol. The Balaban J connectivity index is 1.88. The fraction of sp³-hybridized carbons (Fsp3) is 1.00. The number of aliphatic hydroxyl groups is 1. The summed E-state index contributed by atoms with van der Waals surface area (Å²) in [6.45, 7) is 0. The molecule has 6 rings (SSSR count). The summed E-state index contributed by atoms with van der Waals surface area (Å²) in [7, 11) is 0. The minimum Gasteiger partial charge on any atom is -0.388 e. The van der Waals surface area contributed by atoms with Gasteiger partial charge in [-0.1, -0.05) is 31.9 Å². The Morgan fingerprint density at radius 1 is 1.00 bits per heavy atom. The van der Waals surface area contributed by atoms with Gasteiger partial charge in [-0.3, -0.25) is 0 Å². The van der Waals surface area contributed by atoms with Crippen LogP contribution in [0, 0.1) is 41.4 Å². The van der Waals surface area contributed by atoms with Crippen molar-refractivity contribution in [3.63, 3.8) is 0 Å². The van der Waals surface area contributed by atoms with Crippen LogP contribution >= 0.6 is 31.9 Å². The molecule has 3 heteroatoms. The number of halogens is 2. The first-order valence-corrected chi connectivity index (χ1v) is 7.51. The molecule has 0 aromatic rings. The van der Waals surface area contributed by atoms with Crippen LogP contribution in [0.25, 0.3) is 0 Å². The second kappa shape index (κ2) is 1.91. The lowest BCUT2D eigenvalue weighted by Gasteiger charge is -2.38. The molecule has 6 aliphatic carbocycles. The highest BCUT2D eigenvalue weighted by Gasteiger charge is 2.88. The molecule has 0 amide bonds. The first kappa shape index (κ1) is 8.08. The molecule has 0 aromatic carbocycles. The smallest absolute Gasteiger partial charge is 0.0850 e. The second-order valence-electron chi connectivity index (χ2n) is 6.08. The molecule has 76 valence electrons. The first-order chi connectivity index (χ1) is 6.67. The lowest BCUT2D eigenvalue weighted by atomic mass is 9.69. The number of alkyl halides is 2. The predicted octanol–water partition coefficient (Wildman–Crippen LogP) is 2.02. The second-order valence-corrected chi connectivity index (χ2v) is 8.12. The van der Waals surface area contributed by atoms with Crippen LogP contribution in [0.2, 0.25) is 0 Å². The van der Waals surface area contributed by atoms with Crippen molar-refractivity contribution in [2.24, 2.45) is 41.4 Å². The summed E-state index contributed by atoms with van der Waals surface area (Å²) in [6.07, 6.45) is 1.42. The summed E-state index contributed by atoms with van der Waals surface area (Å²) in [5.74, 6) is 5.54. The summed E-state index contributed by atoms with van der Waals surface area (Å²) >= 11 is 7.67. The van der Waals surface area contributed by atoms with E-state index in [0.29, 0.717) is 21.5 Å². The topological polar surface area (TPSA) is 20.2 Å². The molecule has 1 N–H and O–H groups in total. The summed E-state index contributed by atoms with van der Waals surface area (Å²) in [6, 6.07) is 0. The maximum Gasteiger partial charge on any atom is 0.0850 e. The van der Waals surface area contributed by atoms with Gasteiger partial charge in [-0.2, -0.15) is 0 Å². The molecule has 1 nitrogen and oxygen atoms in total. The number of rotatable bonds is 0. The van der Waals surface area contributed by atoms with Crippen molar-refractivity contribution in [1.82, 2.24) is 0 Å². The summed E-state index contributed by atoms with van der Waals surface area (Å²) < 4.78 is 0. The van der Waals surface area contributed by atoms with Crippen molar-refractivity contribution in [3.8, 4) is 0 Å². The minimum atomic E-state index is -0.328. The van der Waals surface area contributed by atoms with Crippen molar-refractivity contribution in [2.45, 2.75) is 21.7 Å². The molecule has 6 aliphatic rings. The lowest BCUT2D eigenvalue weighted by molar-refractivity contribution is -0.0511. The molecule has 0 heterocycles. The monoisotopic (exact) mass is 318 g/mol. The highest BCUT2D eigenvalue weighted by molar-refractivity contribution is 9.10. The maximum absolute atomic E-state index is 10.9. The van der Waals surface area contributed by atoms with E-state index < -0.39 is 0 Å². The van der Waals surface area contributed by atoms with Gasteiger partial charge in [0.15, 0.2) is 0 Å². The Bertz CT molecular complexity index is 353. The third kappa shape index (κ3) is 0.464. The minimum absolute atomic E-state index is 0.328. The molecule has 1 unspecified atom stereocenters. The molecule has 14 heavy (non-hydrogen) atoms. The third-order valence-electron chi connectivity index (χ3n) is 6.32. The molecule has 0 aromatic heterocycles.